The third-order valence-electron chi connectivity index (χ3n) is 6.83. The molecule has 6 aromatic rings. The van der Waals surface area contributed by atoms with E-state index in [9.17, 15) is 0 Å². The maximum Gasteiger partial charge on any atom is 0.228 e. The molecule has 2 aromatic heterocycles. The van der Waals surface area contributed by atoms with Gasteiger partial charge in [-0.05, 0) is 47.5 Å². The van der Waals surface area contributed by atoms with Gasteiger partial charge in [0.15, 0.2) is 11.5 Å². The van der Waals surface area contributed by atoms with Gasteiger partial charge in [-0.2, -0.15) is 0 Å². The molecule has 7 rings (SSSR count). The number of benzene rings is 4. The van der Waals surface area contributed by atoms with Gasteiger partial charge in [0.05, 0.1) is 12.7 Å². The van der Waals surface area contributed by atoms with Crippen molar-refractivity contribution in [1.82, 2.24) is 19.6 Å². The third-order valence-corrected chi connectivity index (χ3v) is 6.83. The van der Waals surface area contributed by atoms with Crippen molar-refractivity contribution in [2.45, 2.75) is 12.8 Å². The molecule has 0 aliphatic carbocycles. The number of hydrogen-bond donors (Lipinski definition) is 0. The second kappa shape index (κ2) is 7.92. The first kappa shape index (κ1) is 20.6. The van der Waals surface area contributed by atoms with Gasteiger partial charge < -0.3 is 9.47 Å². The fourth-order valence-electron chi connectivity index (χ4n) is 5.14. The number of rotatable bonds is 3. The summed E-state index contributed by atoms with van der Waals surface area (Å²) in [4.78, 5) is 9.68. The van der Waals surface area contributed by atoms with Crippen LogP contribution in [-0.4, -0.2) is 26.7 Å². The molecule has 1 aliphatic heterocycles. The van der Waals surface area contributed by atoms with Crippen molar-refractivity contribution in [2.75, 3.05) is 7.11 Å². The Kier molecular flexibility index (Phi) is 4.54. The molecular formula is C30H22N4O2. The monoisotopic (exact) mass is 470 g/mol. The average molecular weight is 471 g/mol. The minimum absolute atomic E-state index is 0.147. The lowest BCUT2D eigenvalue weighted by molar-refractivity contribution is 0.414. The Morgan fingerprint density at radius 1 is 0.889 bits per heavy atom. The van der Waals surface area contributed by atoms with Gasteiger partial charge in [-0.1, -0.05) is 66.2 Å². The number of fused-ring (bicyclic) bond motifs is 6. The smallest absolute Gasteiger partial charge is 0.228 e. The first-order chi connectivity index (χ1) is 17.7. The van der Waals surface area contributed by atoms with Crippen LogP contribution < -0.4 is 9.47 Å². The summed E-state index contributed by atoms with van der Waals surface area (Å²) in [5.41, 5.74) is 5.96. The minimum Gasteiger partial charge on any atom is -0.497 e. The Balaban J connectivity index is 1.52. The number of nitrogens with zero attached hydrogens (tertiary/aromatic N) is 4. The van der Waals surface area contributed by atoms with Gasteiger partial charge in [0.25, 0.3) is 0 Å². The third kappa shape index (κ3) is 3.15. The van der Waals surface area contributed by atoms with E-state index in [4.69, 9.17) is 19.6 Å². The molecule has 1 atom stereocenters. The predicted octanol–water partition coefficient (Wildman–Crippen LogP) is 6.55. The van der Waals surface area contributed by atoms with Crippen molar-refractivity contribution in [1.29, 1.82) is 0 Å². The lowest BCUT2D eigenvalue weighted by atomic mass is 9.81. The van der Waals surface area contributed by atoms with E-state index in [1.165, 1.54) is 0 Å². The van der Waals surface area contributed by atoms with E-state index in [-0.39, 0.29) is 5.92 Å². The highest BCUT2D eigenvalue weighted by Crippen LogP contribution is 2.50. The van der Waals surface area contributed by atoms with Crippen LogP contribution in [0.2, 0.25) is 0 Å². The van der Waals surface area contributed by atoms with Gasteiger partial charge in [-0.15, -0.1) is 5.10 Å². The van der Waals surface area contributed by atoms with Gasteiger partial charge in [-0.25, -0.2) is 14.5 Å². The van der Waals surface area contributed by atoms with E-state index in [0.717, 1.165) is 55.7 Å². The van der Waals surface area contributed by atoms with Crippen LogP contribution in [0.15, 0.2) is 91.3 Å². The molecule has 36 heavy (non-hydrogen) atoms. The summed E-state index contributed by atoms with van der Waals surface area (Å²) < 4.78 is 13.6. The van der Waals surface area contributed by atoms with Crippen molar-refractivity contribution >= 4 is 16.4 Å². The molecule has 1 aliphatic rings. The van der Waals surface area contributed by atoms with E-state index in [1.54, 1.807) is 18.0 Å². The summed E-state index contributed by atoms with van der Waals surface area (Å²) in [6, 6.07) is 28.9. The van der Waals surface area contributed by atoms with E-state index < -0.39 is 0 Å². The topological polar surface area (TPSA) is 61.5 Å². The second-order valence-corrected chi connectivity index (χ2v) is 9.04. The molecule has 0 radical (unpaired) electrons. The Morgan fingerprint density at radius 3 is 2.58 bits per heavy atom. The van der Waals surface area contributed by atoms with Crippen molar-refractivity contribution in [3.05, 3.63) is 114 Å². The molecule has 0 saturated carbocycles. The quantitative estimate of drug-likeness (QED) is 0.293. The second-order valence-electron chi connectivity index (χ2n) is 9.04. The lowest BCUT2D eigenvalue weighted by Crippen LogP contribution is -2.15. The summed E-state index contributed by atoms with van der Waals surface area (Å²) in [5.74, 6) is 2.67. The summed E-state index contributed by atoms with van der Waals surface area (Å²) in [6.45, 7) is 2.07. The Labute approximate surface area is 207 Å². The van der Waals surface area contributed by atoms with Crippen LogP contribution in [0.1, 0.15) is 28.2 Å². The zero-order valence-electron chi connectivity index (χ0n) is 19.8. The molecule has 6 heteroatoms. The number of methoxy groups -OCH3 is 1. The van der Waals surface area contributed by atoms with Gasteiger partial charge in [-0.3, -0.25) is 0 Å². The van der Waals surface area contributed by atoms with E-state index in [2.05, 4.69) is 66.5 Å². The summed E-state index contributed by atoms with van der Waals surface area (Å²) >= 11 is 0. The number of aryl methyl sites for hydroxylation is 1. The molecule has 0 amide bonds. The number of ether oxygens (including phenoxy) is 2. The Morgan fingerprint density at radius 2 is 1.75 bits per heavy atom. The van der Waals surface area contributed by atoms with E-state index in [1.807, 2.05) is 30.3 Å². The van der Waals surface area contributed by atoms with Crippen LogP contribution in [-0.2, 0) is 0 Å². The number of aromatic nitrogens is 4. The van der Waals surface area contributed by atoms with Gasteiger partial charge in [0, 0.05) is 17.0 Å². The molecule has 0 unspecified atom stereocenters. The molecule has 0 N–H and O–H groups in total. The van der Waals surface area contributed by atoms with Crippen LogP contribution in [0.5, 0.6) is 17.4 Å². The normalized spacial score (nSPS) is 14.3. The average Bonchev–Trinajstić information content (AvgIpc) is 3.37. The highest BCUT2D eigenvalue weighted by molar-refractivity contribution is 5.91. The van der Waals surface area contributed by atoms with Crippen LogP contribution in [0.25, 0.3) is 27.8 Å². The Bertz CT molecular complexity index is 1770. The first-order valence-corrected chi connectivity index (χ1v) is 11.9. The van der Waals surface area contributed by atoms with E-state index >= 15 is 0 Å². The molecular weight excluding hydrogens is 448 g/mol. The van der Waals surface area contributed by atoms with Crippen molar-refractivity contribution < 1.29 is 9.47 Å². The van der Waals surface area contributed by atoms with Gasteiger partial charge in [0.2, 0.25) is 5.88 Å². The first-order valence-electron chi connectivity index (χ1n) is 11.9. The molecule has 6 nitrogen and oxygen atoms in total. The fraction of sp³-hybridized carbons (Fsp3) is 0.100. The molecule has 3 heterocycles. The Hall–Kier alpha value is -4.71. The fourth-order valence-corrected chi connectivity index (χ4v) is 5.14. The molecule has 0 bridgehead atoms. The molecule has 0 saturated heterocycles. The standard InChI is InChI=1S/C30H22N4O2/c1-18-6-5-8-21(16-18)28-32-29-27-25(20-10-13-22(35-2)14-11-20)26-23-9-4-3-7-19(23)12-15-24(26)36-30(27)31-17-34(29)33-28/h3-17,25H,1-2H3/t25-/m0/s1. The highest BCUT2D eigenvalue weighted by atomic mass is 16.5. The summed E-state index contributed by atoms with van der Waals surface area (Å²) in [6.07, 6.45) is 1.68. The van der Waals surface area contributed by atoms with Gasteiger partial charge in [0.1, 0.15) is 17.8 Å². The lowest BCUT2D eigenvalue weighted by Gasteiger charge is -2.29. The zero-order chi connectivity index (χ0) is 24.2. The zero-order valence-corrected chi connectivity index (χ0v) is 19.8. The molecule has 174 valence electrons. The highest BCUT2D eigenvalue weighted by Gasteiger charge is 2.34. The van der Waals surface area contributed by atoms with Gasteiger partial charge >= 0.3 is 0 Å². The molecule has 0 fully saturated rings. The largest absolute Gasteiger partial charge is 0.497 e. The maximum absolute atomic E-state index is 6.41. The van der Waals surface area contributed by atoms with Crippen LogP contribution >= 0.6 is 0 Å². The molecule has 4 aromatic carbocycles. The number of hydrogen-bond acceptors (Lipinski definition) is 5. The van der Waals surface area contributed by atoms with Crippen LogP contribution in [0, 0.1) is 6.92 Å². The summed E-state index contributed by atoms with van der Waals surface area (Å²) in [7, 11) is 1.68. The maximum atomic E-state index is 6.41. The van der Waals surface area contributed by atoms with Crippen molar-refractivity contribution in [2.24, 2.45) is 0 Å². The molecule has 0 spiro atoms. The van der Waals surface area contributed by atoms with Crippen LogP contribution in [0.3, 0.4) is 0 Å². The predicted molar refractivity (Wildman–Crippen MR) is 139 cm³/mol. The van der Waals surface area contributed by atoms with Crippen molar-refractivity contribution in [3.63, 3.8) is 0 Å². The van der Waals surface area contributed by atoms with E-state index in [0.29, 0.717) is 11.7 Å². The SMILES string of the molecule is COc1ccc([C@H]2c3c(ccc4ccccc34)Oc3ncn4nc(-c5cccc(C)c5)nc4c32)cc1. The van der Waals surface area contributed by atoms with Crippen LogP contribution in [0.4, 0.5) is 0 Å². The van der Waals surface area contributed by atoms with Crippen molar-refractivity contribution in [3.8, 4) is 28.8 Å². The minimum atomic E-state index is -0.147. The summed E-state index contributed by atoms with van der Waals surface area (Å²) in [5, 5.41) is 7.07.